The first-order valence-electron chi connectivity index (χ1n) is 8.95. The van der Waals surface area contributed by atoms with E-state index in [2.05, 4.69) is 13.8 Å². The Hall–Kier alpha value is -0.120. The zero-order valence-corrected chi connectivity index (χ0v) is 14.9. The fourth-order valence-corrected chi connectivity index (χ4v) is 2.37. The molecule has 0 saturated carbocycles. The molecule has 0 atom stereocenters. The van der Waals surface area contributed by atoms with Crippen LogP contribution in [-0.2, 0) is 14.2 Å². The number of unbranched alkanes of at least 4 members (excludes halogenated alkanes) is 8. The lowest BCUT2D eigenvalue weighted by Crippen LogP contribution is -2.38. The Morgan fingerprint density at radius 3 is 1.48 bits per heavy atom. The van der Waals surface area contributed by atoms with E-state index in [9.17, 15) is 0 Å². The van der Waals surface area contributed by atoms with E-state index in [0.29, 0.717) is 6.61 Å². The van der Waals surface area contributed by atoms with Gasteiger partial charge >= 0.3 is 0 Å². The molecule has 0 fully saturated rings. The van der Waals surface area contributed by atoms with Crippen LogP contribution in [0.25, 0.3) is 0 Å². The van der Waals surface area contributed by atoms with E-state index in [4.69, 9.17) is 14.2 Å². The number of rotatable bonds is 16. The van der Waals surface area contributed by atoms with Crippen LogP contribution in [-0.4, -0.2) is 32.7 Å². The smallest absolute Gasteiger partial charge is 0.188 e. The monoisotopic (exact) mass is 302 g/mol. The van der Waals surface area contributed by atoms with Gasteiger partial charge in [0.05, 0.1) is 19.8 Å². The van der Waals surface area contributed by atoms with Gasteiger partial charge in [-0.15, -0.1) is 0 Å². The van der Waals surface area contributed by atoms with Crippen molar-refractivity contribution in [3.05, 3.63) is 0 Å². The summed E-state index contributed by atoms with van der Waals surface area (Å²) in [5, 5.41) is 0. The molecule has 3 heteroatoms. The van der Waals surface area contributed by atoms with E-state index < -0.39 is 5.79 Å². The largest absolute Gasteiger partial charge is 0.379 e. The fraction of sp³-hybridized carbons (Fsp3) is 1.00. The van der Waals surface area contributed by atoms with Crippen molar-refractivity contribution in [3.8, 4) is 0 Å². The van der Waals surface area contributed by atoms with Crippen LogP contribution in [0, 0.1) is 0 Å². The summed E-state index contributed by atoms with van der Waals surface area (Å²) >= 11 is 0. The molecule has 0 aliphatic carbocycles. The Kier molecular flexibility index (Phi) is 14.7. The predicted octanol–water partition coefficient (Wildman–Crippen LogP) is 5.32. The molecule has 0 aromatic heterocycles. The lowest BCUT2D eigenvalue weighted by atomic mass is 10.1. The molecule has 0 amide bonds. The van der Waals surface area contributed by atoms with Gasteiger partial charge in [-0.1, -0.05) is 65.2 Å². The number of hydrogen-bond acceptors (Lipinski definition) is 3. The Labute approximate surface area is 132 Å². The van der Waals surface area contributed by atoms with Gasteiger partial charge in [0, 0.05) is 7.11 Å². The average molecular weight is 302 g/mol. The third-order valence-corrected chi connectivity index (χ3v) is 3.72. The molecular weight excluding hydrogens is 264 g/mol. The zero-order valence-electron chi connectivity index (χ0n) is 14.9. The van der Waals surface area contributed by atoms with Gasteiger partial charge in [-0.3, -0.25) is 0 Å². The third kappa shape index (κ3) is 13.3. The minimum absolute atomic E-state index is 0.497. The van der Waals surface area contributed by atoms with Crippen LogP contribution in [0.4, 0.5) is 0 Å². The van der Waals surface area contributed by atoms with E-state index in [-0.39, 0.29) is 0 Å². The molecule has 0 radical (unpaired) electrons. The summed E-state index contributed by atoms with van der Waals surface area (Å²) in [6.07, 6.45) is 12.5. The van der Waals surface area contributed by atoms with Crippen molar-refractivity contribution in [2.45, 2.75) is 90.8 Å². The molecule has 0 unspecified atom stereocenters. The summed E-state index contributed by atoms with van der Waals surface area (Å²) in [5.74, 6) is -0.579. The minimum Gasteiger partial charge on any atom is -0.379 e. The second-order valence-corrected chi connectivity index (χ2v) is 6.09. The van der Waals surface area contributed by atoms with Crippen molar-refractivity contribution in [1.82, 2.24) is 0 Å². The van der Waals surface area contributed by atoms with Crippen molar-refractivity contribution in [2.75, 3.05) is 26.9 Å². The van der Waals surface area contributed by atoms with Gasteiger partial charge in [-0.2, -0.15) is 0 Å². The highest BCUT2D eigenvalue weighted by atomic mass is 16.7. The molecule has 0 saturated heterocycles. The minimum atomic E-state index is -0.579. The second-order valence-electron chi connectivity index (χ2n) is 6.09. The van der Waals surface area contributed by atoms with Crippen LogP contribution in [0.5, 0.6) is 0 Å². The predicted molar refractivity (Wildman–Crippen MR) is 89.7 cm³/mol. The van der Waals surface area contributed by atoms with Gasteiger partial charge in [0.1, 0.15) is 0 Å². The topological polar surface area (TPSA) is 27.7 Å². The highest BCUT2D eigenvalue weighted by molar-refractivity contribution is 4.62. The van der Waals surface area contributed by atoms with Crippen molar-refractivity contribution in [2.24, 2.45) is 0 Å². The van der Waals surface area contributed by atoms with E-state index in [1.807, 2.05) is 6.92 Å². The standard InChI is InChI=1S/C18H38O3/c1-5-7-9-11-13-15-20-18(3,17-19-4)21-16-14-12-10-8-6-2/h5-17H2,1-4H3. The quantitative estimate of drug-likeness (QED) is 0.285. The van der Waals surface area contributed by atoms with Crippen molar-refractivity contribution in [1.29, 1.82) is 0 Å². The second kappa shape index (κ2) is 14.8. The van der Waals surface area contributed by atoms with E-state index in [0.717, 1.165) is 26.1 Å². The molecular formula is C18H38O3. The maximum atomic E-state index is 5.93. The van der Waals surface area contributed by atoms with Crippen LogP contribution in [0.3, 0.4) is 0 Å². The Morgan fingerprint density at radius 2 is 1.10 bits per heavy atom. The fourth-order valence-electron chi connectivity index (χ4n) is 2.37. The molecule has 3 nitrogen and oxygen atoms in total. The van der Waals surface area contributed by atoms with Gasteiger partial charge in [0.15, 0.2) is 5.79 Å². The zero-order chi connectivity index (χ0) is 15.8. The first kappa shape index (κ1) is 20.9. The Balaban J connectivity index is 3.73. The van der Waals surface area contributed by atoms with Gasteiger partial charge < -0.3 is 14.2 Å². The molecule has 0 heterocycles. The molecule has 0 N–H and O–H groups in total. The molecule has 0 bridgehead atoms. The number of methoxy groups -OCH3 is 1. The maximum Gasteiger partial charge on any atom is 0.188 e. The molecule has 0 aromatic rings. The number of ether oxygens (including phenoxy) is 3. The first-order chi connectivity index (χ1) is 10.2. The molecule has 0 spiro atoms. The summed E-state index contributed by atoms with van der Waals surface area (Å²) in [6.45, 7) is 8.49. The number of hydrogen-bond donors (Lipinski definition) is 0. The lowest BCUT2D eigenvalue weighted by Gasteiger charge is -2.29. The van der Waals surface area contributed by atoms with Crippen molar-refractivity contribution >= 4 is 0 Å². The first-order valence-corrected chi connectivity index (χ1v) is 8.95. The van der Waals surface area contributed by atoms with Crippen LogP contribution >= 0.6 is 0 Å². The van der Waals surface area contributed by atoms with Gasteiger partial charge in [-0.25, -0.2) is 0 Å². The Bertz CT molecular complexity index is 191. The molecule has 128 valence electrons. The summed E-state index contributed by atoms with van der Waals surface area (Å²) < 4.78 is 17.1. The molecule has 0 aliphatic rings. The lowest BCUT2D eigenvalue weighted by molar-refractivity contribution is -0.247. The third-order valence-electron chi connectivity index (χ3n) is 3.72. The van der Waals surface area contributed by atoms with Crippen LogP contribution in [0.1, 0.15) is 85.0 Å². The van der Waals surface area contributed by atoms with E-state index in [1.165, 1.54) is 51.4 Å². The highest BCUT2D eigenvalue weighted by Crippen LogP contribution is 2.16. The van der Waals surface area contributed by atoms with Crippen LogP contribution in [0.2, 0.25) is 0 Å². The summed E-state index contributed by atoms with van der Waals surface area (Å²) in [5.41, 5.74) is 0. The van der Waals surface area contributed by atoms with Gasteiger partial charge in [0.25, 0.3) is 0 Å². The van der Waals surface area contributed by atoms with E-state index in [1.54, 1.807) is 7.11 Å². The van der Waals surface area contributed by atoms with E-state index >= 15 is 0 Å². The molecule has 0 aromatic carbocycles. The van der Waals surface area contributed by atoms with Crippen molar-refractivity contribution < 1.29 is 14.2 Å². The van der Waals surface area contributed by atoms with Crippen LogP contribution in [0.15, 0.2) is 0 Å². The van der Waals surface area contributed by atoms with Crippen LogP contribution < -0.4 is 0 Å². The summed E-state index contributed by atoms with van der Waals surface area (Å²) in [4.78, 5) is 0. The SMILES string of the molecule is CCCCCCCOC(C)(COC)OCCCCCCC. The highest BCUT2D eigenvalue weighted by Gasteiger charge is 2.25. The molecule has 0 rings (SSSR count). The average Bonchev–Trinajstić information content (AvgIpc) is 2.47. The van der Waals surface area contributed by atoms with Gasteiger partial charge in [-0.05, 0) is 19.8 Å². The molecule has 0 aliphatic heterocycles. The maximum absolute atomic E-state index is 5.93. The van der Waals surface area contributed by atoms with Gasteiger partial charge in [0.2, 0.25) is 0 Å². The molecule has 21 heavy (non-hydrogen) atoms. The van der Waals surface area contributed by atoms with Crippen molar-refractivity contribution in [3.63, 3.8) is 0 Å². The normalized spacial score (nSPS) is 12.0. The Morgan fingerprint density at radius 1 is 0.667 bits per heavy atom. The summed E-state index contributed by atoms with van der Waals surface area (Å²) in [6, 6.07) is 0. The summed E-state index contributed by atoms with van der Waals surface area (Å²) in [7, 11) is 1.70.